The van der Waals surface area contributed by atoms with Crippen molar-refractivity contribution in [2.24, 2.45) is 0 Å². The summed E-state index contributed by atoms with van der Waals surface area (Å²) in [6.07, 6.45) is 4.87. The van der Waals surface area contributed by atoms with Crippen LogP contribution in [0.2, 0.25) is 5.02 Å². The maximum atomic E-state index is 12.5. The lowest BCUT2D eigenvalue weighted by molar-refractivity contribution is -0.139. The second-order valence-corrected chi connectivity index (χ2v) is 5.80. The molecule has 3 nitrogen and oxygen atoms in total. The van der Waals surface area contributed by atoms with E-state index in [-0.39, 0.29) is 5.91 Å². The van der Waals surface area contributed by atoms with Gasteiger partial charge in [-0.1, -0.05) is 37.4 Å². The zero-order valence-electron chi connectivity index (χ0n) is 12.1. The molecule has 0 aliphatic heterocycles. The van der Waals surface area contributed by atoms with Gasteiger partial charge in [-0.15, -0.1) is 0 Å². The van der Waals surface area contributed by atoms with Crippen molar-refractivity contribution in [1.82, 2.24) is 4.90 Å². The molecule has 110 valence electrons. The largest absolute Gasteiger partial charge is 0.481 e. The van der Waals surface area contributed by atoms with Gasteiger partial charge in [-0.2, -0.15) is 0 Å². The molecule has 0 aromatic heterocycles. The molecular weight excluding hydrogens is 274 g/mol. The Morgan fingerprint density at radius 2 is 2.15 bits per heavy atom. The Bertz CT molecular complexity index is 458. The molecule has 1 aromatic carbocycles. The lowest BCUT2D eigenvalue weighted by atomic mass is 10.1. The molecule has 1 aromatic rings. The zero-order valence-corrected chi connectivity index (χ0v) is 12.9. The SMILES string of the molecule is CC[C@H](Oc1cccc(Cl)c1)C(=O)N(C)C1CCCC1. The lowest BCUT2D eigenvalue weighted by Gasteiger charge is -2.28. The smallest absolute Gasteiger partial charge is 0.263 e. The van der Waals surface area contributed by atoms with Crippen LogP contribution in [-0.2, 0) is 4.79 Å². The molecule has 1 aliphatic rings. The molecule has 0 saturated heterocycles. The Hall–Kier alpha value is -1.22. The molecule has 1 saturated carbocycles. The number of hydrogen-bond acceptors (Lipinski definition) is 2. The average Bonchev–Trinajstić information content (AvgIpc) is 2.97. The number of amides is 1. The third-order valence-electron chi connectivity index (χ3n) is 3.94. The van der Waals surface area contributed by atoms with Crippen molar-refractivity contribution in [2.45, 2.75) is 51.2 Å². The summed E-state index contributed by atoms with van der Waals surface area (Å²) in [5.41, 5.74) is 0. The van der Waals surface area contributed by atoms with Crippen molar-refractivity contribution in [3.05, 3.63) is 29.3 Å². The van der Waals surface area contributed by atoms with Gasteiger partial charge in [-0.25, -0.2) is 0 Å². The van der Waals surface area contributed by atoms with E-state index in [1.807, 2.05) is 31.0 Å². The normalized spacial score (nSPS) is 16.9. The minimum Gasteiger partial charge on any atom is -0.481 e. The molecular formula is C16H22ClNO2. The van der Waals surface area contributed by atoms with Crippen LogP contribution in [0, 0.1) is 0 Å². The highest BCUT2D eigenvalue weighted by atomic mass is 35.5. The Balaban J connectivity index is 2.01. The van der Waals surface area contributed by atoms with Crippen LogP contribution < -0.4 is 4.74 Å². The molecule has 0 spiro atoms. The standard InChI is InChI=1S/C16H22ClNO2/c1-3-15(20-14-10-6-7-12(17)11-14)16(19)18(2)13-8-4-5-9-13/h6-7,10-11,13,15H,3-5,8-9H2,1-2H3/t15-/m0/s1. The van der Waals surface area contributed by atoms with Crippen molar-refractivity contribution in [1.29, 1.82) is 0 Å². The van der Waals surface area contributed by atoms with E-state index in [0.29, 0.717) is 23.2 Å². The fraction of sp³-hybridized carbons (Fsp3) is 0.562. The summed E-state index contributed by atoms with van der Waals surface area (Å²) in [7, 11) is 1.89. The molecule has 0 unspecified atom stereocenters. The van der Waals surface area contributed by atoms with E-state index in [9.17, 15) is 4.79 Å². The number of hydrogen-bond donors (Lipinski definition) is 0. The number of likely N-dealkylation sites (N-methyl/N-ethyl adjacent to an activating group) is 1. The van der Waals surface area contributed by atoms with Crippen molar-refractivity contribution in [2.75, 3.05) is 7.05 Å². The number of rotatable bonds is 5. The molecule has 1 atom stereocenters. The first-order valence-corrected chi connectivity index (χ1v) is 7.68. The van der Waals surface area contributed by atoms with Gasteiger partial charge in [-0.3, -0.25) is 4.79 Å². The number of carbonyl (C=O) groups excluding carboxylic acids is 1. The van der Waals surface area contributed by atoms with E-state index >= 15 is 0 Å². The molecule has 4 heteroatoms. The van der Waals surface area contributed by atoms with Crippen molar-refractivity contribution >= 4 is 17.5 Å². The molecule has 0 bridgehead atoms. The first-order valence-electron chi connectivity index (χ1n) is 7.30. The van der Waals surface area contributed by atoms with Gasteiger partial charge in [0.2, 0.25) is 0 Å². The molecule has 0 heterocycles. The van der Waals surface area contributed by atoms with Crippen LogP contribution in [0.1, 0.15) is 39.0 Å². The summed E-state index contributed by atoms with van der Waals surface area (Å²) in [6.45, 7) is 1.97. The summed E-state index contributed by atoms with van der Waals surface area (Å²) in [4.78, 5) is 14.4. The molecule has 20 heavy (non-hydrogen) atoms. The van der Waals surface area contributed by atoms with Crippen LogP contribution in [0.4, 0.5) is 0 Å². The van der Waals surface area contributed by atoms with Crippen molar-refractivity contribution in [3.8, 4) is 5.75 Å². The highest BCUT2D eigenvalue weighted by Gasteiger charge is 2.29. The van der Waals surface area contributed by atoms with Gasteiger partial charge in [0.15, 0.2) is 6.10 Å². The monoisotopic (exact) mass is 295 g/mol. The first-order chi connectivity index (χ1) is 9.61. The third kappa shape index (κ3) is 3.66. The van der Waals surface area contributed by atoms with Gasteiger partial charge < -0.3 is 9.64 Å². The average molecular weight is 296 g/mol. The molecule has 0 N–H and O–H groups in total. The van der Waals surface area contributed by atoms with Gasteiger partial charge >= 0.3 is 0 Å². The van der Waals surface area contributed by atoms with E-state index in [1.54, 1.807) is 12.1 Å². The Morgan fingerprint density at radius 3 is 2.75 bits per heavy atom. The number of nitrogens with zero attached hydrogens (tertiary/aromatic N) is 1. The minimum absolute atomic E-state index is 0.0689. The van der Waals surface area contributed by atoms with Crippen molar-refractivity contribution in [3.63, 3.8) is 0 Å². The maximum absolute atomic E-state index is 12.5. The molecule has 2 rings (SSSR count). The zero-order chi connectivity index (χ0) is 14.5. The topological polar surface area (TPSA) is 29.5 Å². The second-order valence-electron chi connectivity index (χ2n) is 5.36. The van der Waals surface area contributed by atoms with Crippen LogP contribution in [-0.4, -0.2) is 30.0 Å². The summed E-state index contributed by atoms with van der Waals surface area (Å²) in [6, 6.07) is 7.57. The lowest BCUT2D eigenvalue weighted by Crippen LogP contribution is -2.43. The van der Waals surface area contributed by atoms with Crippen LogP contribution >= 0.6 is 11.6 Å². The molecule has 1 amide bonds. The maximum Gasteiger partial charge on any atom is 0.263 e. The highest BCUT2D eigenvalue weighted by Crippen LogP contribution is 2.24. The van der Waals surface area contributed by atoms with Gasteiger partial charge in [0.1, 0.15) is 5.75 Å². The van der Waals surface area contributed by atoms with Gasteiger partial charge in [0.25, 0.3) is 5.91 Å². The molecule has 0 radical (unpaired) electrons. The van der Waals surface area contributed by atoms with E-state index in [2.05, 4.69) is 0 Å². The summed E-state index contributed by atoms with van der Waals surface area (Å²) in [5, 5.41) is 0.619. The number of carbonyl (C=O) groups is 1. The minimum atomic E-state index is -0.431. The summed E-state index contributed by atoms with van der Waals surface area (Å²) >= 11 is 5.94. The van der Waals surface area contributed by atoms with Gasteiger partial charge in [-0.05, 0) is 37.5 Å². The van der Waals surface area contributed by atoms with E-state index in [4.69, 9.17) is 16.3 Å². The fourth-order valence-corrected chi connectivity index (χ4v) is 2.89. The van der Waals surface area contributed by atoms with E-state index < -0.39 is 6.10 Å². The second kappa shape index (κ2) is 6.98. The van der Waals surface area contributed by atoms with Crippen LogP contribution in [0.25, 0.3) is 0 Å². The van der Waals surface area contributed by atoms with E-state index in [1.165, 1.54) is 12.8 Å². The predicted molar refractivity (Wildman–Crippen MR) is 81.2 cm³/mol. The summed E-state index contributed by atoms with van der Waals surface area (Å²) < 4.78 is 5.81. The van der Waals surface area contributed by atoms with Crippen LogP contribution in [0.15, 0.2) is 24.3 Å². The highest BCUT2D eigenvalue weighted by molar-refractivity contribution is 6.30. The van der Waals surface area contributed by atoms with Gasteiger partial charge in [0, 0.05) is 18.1 Å². The van der Waals surface area contributed by atoms with Crippen LogP contribution in [0.3, 0.4) is 0 Å². The van der Waals surface area contributed by atoms with Gasteiger partial charge in [0.05, 0.1) is 0 Å². The Morgan fingerprint density at radius 1 is 1.45 bits per heavy atom. The van der Waals surface area contributed by atoms with E-state index in [0.717, 1.165) is 12.8 Å². The third-order valence-corrected chi connectivity index (χ3v) is 4.18. The first kappa shape index (κ1) is 15.2. The number of halogens is 1. The Kier molecular flexibility index (Phi) is 5.30. The number of benzene rings is 1. The molecule has 1 fully saturated rings. The van der Waals surface area contributed by atoms with Crippen molar-refractivity contribution < 1.29 is 9.53 Å². The predicted octanol–water partition coefficient (Wildman–Crippen LogP) is 3.90. The molecule has 1 aliphatic carbocycles. The number of ether oxygens (including phenoxy) is 1. The Labute approximate surface area is 125 Å². The quantitative estimate of drug-likeness (QED) is 0.824. The summed E-state index contributed by atoms with van der Waals surface area (Å²) in [5.74, 6) is 0.719. The fourth-order valence-electron chi connectivity index (χ4n) is 2.71. The van der Waals surface area contributed by atoms with Crippen LogP contribution in [0.5, 0.6) is 5.75 Å².